The average molecular weight is 357 g/mol. The molecule has 2 aromatic carbocycles. The second kappa shape index (κ2) is 10.1. The summed E-state index contributed by atoms with van der Waals surface area (Å²) in [7, 11) is 0. The number of hydrogen-bond donors (Lipinski definition) is 2. The zero-order valence-corrected chi connectivity index (χ0v) is 14.7. The number of nitrogens with one attached hydrogen (secondary N) is 1. The lowest BCUT2D eigenvalue weighted by molar-refractivity contribution is -0.139. The maximum absolute atomic E-state index is 12.0. The predicted molar refractivity (Wildman–Crippen MR) is 97.4 cm³/mol. The summed E-state index contributed by atoms with van der Waals surface area (Å²) in [5.41, 5.74) is 1.93. The van der Waals surface area contributed by atoms with E-state index < -0.39 is 12.6 Å². The molecule has 0 bridgehead atoms. The third kappa shape index (κ3) is 6.84. The minimum Gasteiger partial charge on any atom is -0.494 e. The molecule has 0 atom stereocenters. The number of carbonyl (C=O) groups is 2. The molecule has 0 aliphatic carbocycles. The molecule has 2 rings (SSSR count). The number of amides is 1. The van der Waals surface area contributed by atoms with E-state index in [1.807, 2.05) is 37.3 Å². The summed E-state index contributed by atoms with van der Waals surface area (Å²) < 4.78 is 10.5. The highest BCUT2D eigenvalue weighted by Crippen LogP contribution is 2.14. The van der Waals surface area contributed by atoms with E-state index in [2.05, 4.69) is 5.32 Å². The molecular formula is C20H23NO5. The fourth-order valence-electron chi connectivity index (χ4n) is 2.36. The maximum Gasteiger partial charge on any atom is 0.341 e. The van der Waals surface area contributed by atoms with Gasteiger partial charge in [-0.3, -0.25) is 4.79 Å². The van der Waals surface area contributed by atoms with Crippen molar-refractivity contribution in [2.75, 3.05) is 13.2 Å². The Morgan fingerprint density at radius 2 is 1.77 bits per heavy atom. The number of benzene rings is 2. The Morgan fingerprint density at radius 1 is 1.00 bits per heavy atom. The molecule has 0 saturated carbocycles. The smallest absolute Gasteiger partial charge is 0.341 e. The molecule has 0 radical (unpaired) electrons. The Morgan fingerprint density at radius 3 is 2.46 bits per heavy atom. The topological polar surface area (TPSA) is 84.9 Å². The Kier molecular flexibility index (Phi) is 7.49. The maximum atomic E-state index is 12.0. The summed E-state index contributed by atoms with van der Waals surface area (Å²) in [5.74, 6) is 0.216. The Bertz CT molecular complexity index is 727. The summed E-state index contributed by atoms with van der Waals surface area (Å²) in [6.45, 7) is 2.54. The van der Waals surface area contributed by atoms with E-state index in [1.54, 1.807) is 18.2 Å². The van der Waals surface area contributed by atoms with Crippen LogP contribution in [0.25, 0.3) is 0 Å². The van der Waals surface area contributed by atoms with Crippen molar-refractivity contribution in [1.82, 2.24) is 5.32 Å². The van der Waals surface area contributed by atoms with Gasteiger partial charge in [-0.15, -0.1) is 0 Å². The highest BCUT2D eigenvalue weighted by atomic mass is 16.5. The van der Waals surface area contributed by atoms with Gasteiger partial charge in [0.1, 0.15) is 11.5 Å². The Labute approximate surface area is 152 Å². The third-order valence-electron chi connectivity index (χ3n) is 3.63. The van der Waals surface area contributed by atoms with Gasteiger partial charge < -0.3 is 19.9 Å². The molecule has 0 aromatic heterocycles. The van der Waals surface area contributed by atoms with Crippen LogP contribution in [0.4, 0.5) is 0 Å². The van der Waals surface area contributed by atoms with Crippen molar-refractivity contribution in [2.45, 2.75) is 26.3 Å². The molecule has 0 unspecified atom stereocenters. The van der Waals surface area contributed by atoms with E-state index >= 15 is 0 Å². The van der Waals surface area contributed by atoms with Crippen LogP contribution < -0.4 is 14.8 Å². The highest BCUT2D eigenvalue weighted by Gasteiger charge is 2.05. The number of hydrogen-bond acceptors (Lipinski definition) is 4. The standard InChI is InChI=1S/C20H23NO5/c1-2-25-17-9-6-15(7-10-17)8-11-19(22)21-13-16-4-3-5-18(12-16)26-14-20(23)24/h3-7,9-10,12H,2,8,11,13-14H2,1H3,(H,21,22)(H,23,24). The molecule has 26 heavy (non-hydrogen) atoms. The normalized spacial score (nSPS) is 10.2. The van der Waals surface area contributed by atoms with E-state index in [1.165, 1.54) is 0 Å². The number of aryl methyl sites for hydroxylation is 1. The monoisotopic (exact) mass is 357 g/mol. The zero-order chi connectivity index (χ0) is 18.8. The number of carbonyl (C=O) groups excluding carboxylic acids is 1. The molecule has 0 aliphatic heterocycles. The van der Waals surface area contributed by atoms with Gasteiger partial charge >= 0.3 is 5.97 Å². The van der Waals surface area contributed by atoms with Crippen molar-refractivity contribution in [1.29, 1.82) is 0 Å². The van der Waals surface area contributed by atoms with Crippen LogP contribution in [0.5, 0.6) is 11.5 Å². The first-order chi connectivity index (χ1) is 12.6. The Balaban J connectivity index is 1.76. The first kappa shape index (κ1) is 19.3. The van der Waals surface area contributed by atoms with Crippen LogP contribution in [0.2, 0.25) is 0 Å². The largest absolute Gasteiger partial charge is 0.494 e. The summed E-state index contributed by atoms with van der Waals surface area (Å²) in [6, 6.07) is 14.7. The van der Waals surface area contributed by atoms with E-state index in [9.17, 15) is 9.59 Å². The Hall–Kier alpha value is -3.02. The van der Waals surface area contributed by atoms with E-state index in [4.69, 9.17) is 14.6 Å². The van der Waals surface area contributed by atoms with Crippen molar-refractivity contribution in [3.8, 4) is 11.5 Å². The molecule has 1 amide bonds. The van der Waals surface area contributed by atoms with Crippen LogP contribution in [0, 0.1) is 0 Å². The number of aliphatic carboxylic acids is 1. The van der Waals surface area contributed by atoms with Crippen LogP contribution in [0.1, 0.15) is 24.5 Å². The van der Waals surface area contributed by atoms with Crippen LogP contribution in [0.3, 0.4) is 0 Å². The van der Waals surface area contributed by atoms with Crippen molar-refractivity contribution >= 4 is 11.9 Å². The first-order valence-electron chi connectivity index (χ1n) is 8.49. The van der Waals surface area contributed by atoms with Gasteiger partial charge in [-0.1, -0.05) is 24.3 Å². The van der Waals surface area contributed by atoms with Gasteiger partial charge in [-0.05, 0) is 48.7 Å². The van der Waals surface area contributed by atoms with E-state index in [0.29, 0.717) is 31.7 Å². The molecule has 6 nitrogen and oxygen atoms in total. The summed E-state index contributed by atoms with van der Waals surface area (Å²) in [5, 5.41) is 11.5. The van der Waals surface area contributed by atoms with Gasteiger partial charge in [0.15, 0.2) is 6.61 Å². The number of carboxylic acids is 1. The molecule has 0 fully saturated rings. The van der Waals surface area contributed by atoms with Gasteiger partial charge in [0.25, 0.3) is 0 Å². The average Bonchev–Trinajstić information content (AvgIpc) is 2.65. The van der Waals surface area contributed by atoms with Crippen molar-refractivity contribution < 1.29 is 24.2 Å². The molecular weight excluding hydrogens is 334 g/mol. The predicted octanol–water partition coefficient (Wildman–Crippen LogP) is 2.80. The van der Waals surface area contributed by atoms with Gasteiger partial charge in [-0.2, -0.15) is 0 Å². The van der Waals surface area contributed by atoms with Gasteiger partial charge in [0.2, 0.25) is 5.91 Å². The number of rotatable bonds is 10. The van der Waals surface area contributed by atoms with Crippen molar-refractivity contribution in [3.05, 3.63) is 59.7 Å². The van der Waals surface area contributed by atoms with E-state index in [-0.39, 0.29) is 5.91 Å². The van der Waals surface area contributed by atoms with Crippen molar-refractivity contribution in [2.24, 2.45) is 0 Å². The lowest BCUT2D eigenvalue weighted by Gasteiger charge is -2.08. The van der Waals surface area contributed by atoms with E-state index in [0.717, 1.165) is 16.9 Å². The van der Waals surface area contributed by atoms with Crippen LogP contribution in [0.15, 0.2) is 48.5 Å². The fourth-order valence-corrected chi connectivity index (χ4v) is 2.36. The molecule has 2 aromatic rings. The van der Waals surface area contributed by atoms with Gasteiger partial charge in [-0.25, -0.2) is 4.79 Å². The van der Waals surface area contributed by atoms with Gasteiger partial charge in [0, 0.05) is 13.0 Å². The van der Waals surface area contributed by atoms with Crippen LogP contribution in [-0.2, 0) is 22.6 Å². The number of ether oxygens (including phenoxy) is 2. The summed E-state index contributed by atoms with van der Waals surface area (Å²) >= 11 is 0. The second-order valence-corrected chi connectivity index (χ2v) is 5.68. The van der Waals surface area contributed by atoms with Gasteiger partial charge in [0.05, 0.1) is 6.61 Å². The van der Waals surface area contributed by atoms with Crippen LogP contribution in [-0.4, -0.2) is 30.2 Å². The molecule has 6 heteroatoms. The summed E-state index contributed by atoms with van der Waals surface area (Å²) in [6.07, 6.45) is 1.04. The lowest BCUT2D eigenvalue weighted by atomic mass is 10.1. The molecule has 138 valence electrons. The van der Waals surface area contributed by atoms with Crippen molar-refractivity contribution in [3.63, 3.8) is 0 Å². The number of carboxylic acid groups (broad SMARTS) is 1. The summed E-state index contributed by atoms with van der Waals surface area (Å²) in [4.78, 5) is 22.5. The third-order valence-corrected chi connectivity index (χ3v) is 3.63. The molecule has 0 aliphatic rings. The lowest BCUT2D eigenvalue weighted by Crippen LogP contribution is -2.23. The molecule has 0 heterocycles. The second-order valence-electron chi connectivity index (χ2n) is 5.68. The molecule has 0 saturated heterocycles. The first-order valence-corrected chi connectivity index (χ1v) is 8.49. The minimum atomic E-state index is -1.03. The van der Waals surface area contributed by atoms with Crippen LogP contribution >= 0.6 is 0 Å². The molecule has 0 spiro atoms. The SMILES string of the molecule is CCOc1ccc(CCC(=O)NCc2cccc(OCC(=O)O)c2)cc1. The minimum absolute atomic E-state index is 0.0456. The zero-order valence-electron chi connectivity index (χ0n) is 14.7. The molecule has 2 N–H and O–H groups in total. The quantitative estimate of drug-likeness (QED) is 0.683. The fraction of sp³-hybridized carbons (Fsp3) is 0.300. The highest BCUT2D eigenvalue weighted by molar-refractivity contribution is 5.76.